The van der Waals surface area contributed by atoms with Crippen molar-refractivity contribution in [1.82, 2.24) is 0 Å². The zero-order valence-corrected chi connectivity index (χ0v) is 16.7. The summed E-state index contributed by atoms with van der Waals surface area (Å²) in [6.45, 7) is 12.5. The topological polar surface area (TPSA) is 38.5 Å². The molecule has 7 heteroatoms. The number of alkyl halides is 3. The predicted octanol–water partition coefficient (Wildman–Crippen LogP) is 5.28. The molecule has 2 N–H and O–H groups in total. The lowest BCUT2D eigenvalue weighted by Crippen LogP contribution is -2.49. The molecule has 3 nitrogen and oxygen atoms in total. The van der Waals surface area contributed by atoms with Crippen LogP contribution in [0.5, 0.6) is 0 Å². The maximum absolute atomic E-state index is 12.8. The lowest BCUT2D eigenvalue weighted by Gasteiger charge is -2.43. The van der Waals surface area contributed by atoms with E-state index in [1.54, 1.807) is 0 Å². The average Bonchev–Trinajstić information content (AvgIpc) is 2.44. The second-order valence-corrected chi connectivity index (χ2v) is 13.1. The zero-order valence-electron chi connectivity index (χ0n) is 15.7. The summed E-state index contributed by atoms with van der Waals surface area (Å²) in [5.41, 5.74) is 6.04. The molecule has 0 amide bonds. The summed E-state index contributed by atoms with van der Waals surface area (Å²) >= 11 is 0. The molecule has 2 rings (SSSR count). The zero-order chi connectivity index (χ0) is 19.0. The Hall–Kier alpha value is -1.21. The molecule has 0 spiro atoms. The molecule has 0 bridgehead atoms. The van der Waals surface area contributed by atoms with Crippen LogP contribution in [-0.2, 0) is 10.6 Å². The molecular formula is C18H29F3N2OSi. The number of nitrogen functional groups attached to an aromatic ring is 1. The van der Waals surface area contributed by atoms with Crippen molar-refractivity contribution in [3.05, 3.63) is 23.8 Å². The van der Waals surface area contributed by atoms with Crippen LogP contribution in [0.4, 0.5) is 24.5 Å². The lowest BCUT2D eigenvalue weighted by molar-refractivity contribution is -0.137. The Kier molecular flexibility index (Phi) is 5.49. The van der Waals surface area contributed by atoms with E-state index in [-0.39, 0.29) is 16.8 Å². The van der Waals surface area contributed by atoms with Crippen molar-refractivity contribution in [2.24, 2.45) is 0 Å². The second-order valence-electron chi connectivity index (χ2n) is 8.36. The third-order valence-electron chi connectivity index (χ3n) is 5.34. The van der Waals surface area contributed by atoms with Gasteiger partial charge in [-0.05, 0) is 49.2 Å². The first-order valence-corrected chi connectivity index (χ1v) is 11.6. The number of nitrogens with zero attached hydrogens (tertiary/aromatic N) is 1. The smallest absolute Gasteiger partial charge is 0.412 e. The van der Waals surface area contributed by atoms with Gasteiger partial charge in [-0.2, -0.15) is 13.2 Å². The number of halogens is 3. The molecule has 0 radical (unpaired) electrons. The summed E-state index contributed by atoms with van der Waals surface area (Å²) in [5.74, 6) is 0. The summed E-state index contributed by atoms with van der Waals surface area (Å²) in [6, 6.07) is 3.60. The normalized spacial score (nSPS) is 20.0. The molecule has 0 aliphatic carbocycles. The van der Waals surface area contributed by atoms with Crippen molar-refractivity contribution in [2.75, 3.05) is 23.7 Å². The highest BCUT2D eigenvalue weighted by Gasteiger charge is 2.40. The number of benzene rings is 1. The van der Waals surface area contributed by atoms with E-state index in [1.807, 2.05) is 0 Å². The quantitative estimate of drug-likeness (QED) is 0.578. The summed E-state index contributed by atoms with van der Waals surface area (Å²) in [4.78, 5) is 2.05. The Bertz CT molecular complexity index is 611. The maximum atomic E-state index is 12.8. The Morgan fingerprint density at radius 3 is 2.36 bits per heavy atom. The fraction of sp³-hybridized carbons (Fsp3) is 0.667. The Morgan fingerprint density at radius 1 is 1.20 bits per heavy atom. The highest BCUT2D eigenvalue weighted by molar-refractivity contribution is 6.74. The van der Waals surface area contributed by atoms with Gasteiger partial charge in [-0.15, -0.1) is 0 Å². The van der Waals surface area contributed by atoms with Crippen LogP contribution in [-0.4, -0.2) is 27.5 Å². The fourth-order valence-corrected chi connectivity index (χ4v) is 4.24. The molecule has 0 saturated carbocycles. The second kappa shape index (κ2) is 6.83. The summed E-state index contributed by atoms with van der Waals surface area (Å²) < 4.78 is 44.9. The predicted molar refractivity (Wildman–Crippen MR) is 99.4 cm³/mol. The number of nitrogens with two attached hydrogens (primary N) is 1. The van der Waals surface area contributed by atoms with E-state index < -0.39 is 20.1 Å². The van der Waals surface area contributed by atoms with Crippen molar-refractivity contribution in [1.29, 1.82) is 0 Å². The SMILES string of the molecule is CC(C)(C)[Si](C)(C)OC1CCCN(c2ccc(C(F)(F)F)cc2N)C1. The number of rotatable bonds is 3. The fourth-order valence-electron chi connectivity index (χ4n) is 2.87. The van der Waals surface area contributed by atoms with Gasteiger partial charge >= 0.3 is 6.18 Å². The molecule has 1 fully saturated rings. The van der Waals surface area contributed by atoms with Gasteiger partial charge in [-0.3, -0.25) is 0 Å². The Balaban J connectivity index is 2.14. The third kappa shape index (κ3) is 4.70. The monoisotopic (exact) mass is 374 g/mol. The van der Waals surface area contributed by atoms with E-state index in [1.165, 1.54) is 6.07 Å². The van der Waals surface area contributed by atoms with E-state index in [9.17, 15) is 13.2 Å². The van der Waals surface area contributed by atoms with Crippen LogP contribution in [0.2, 0.25) is 18.1 Å². The maximum Gasteiger partial charge on any atom is 0.416 e. The minimum absolute atomic E-state index is 0.0938. The number of piperidine rings is 1. The summed E-state index contributed by atoms with van der Waals surface area (Å²) in [7, 11) is -1.88. The van der Waals surface area contributed by atoms with Crippen molar-refractivity contribution in [2.45, 2.75) is 64.0 Å². The molecule has 1 aromatic rings. The van der Waals surface area contributed by atoms with E-state index in [2.05, 4.69) is 38.8 Å². The minimum Gasteiger partial charge on any atom is -0.412 e. The van der Waals surface area contributed by atoms with Gasteiger partial charge in [0.2, 0.25) is 0 Å². The molecule has 142 valence electrons. The summed E-state index contributed by atoms with van der Waals surface area (Å²) in [5, 5.41) is 0.128. The van der Waals surface area contributed by atoms with Crippen LogP contribution in [0.3, 0.4) is 0 Å². The van der Waals surface area contributed by atoms with Gasteiger partial charge in [0.25, 0.3) is 0 Å². The van der Waals surface area contributed by atoms with Gasteiger partial charge in [0, 0.05) is 13.1 Å². The van der Waals surface area contributed by atoms with E-state index in [0.717, 1.165) is 31.5 Å². The van der Waals surface area contributed by atoms with Crippen molar-refractivity contribution < 1.29 is 17.6 Å². The van der Waals surface area contributed by atoms with Crippen molar-refractivity contribution in [3.63, 3.8) is 0 Å². The van der Waals surface area contributed by atoms with Crippen molar-refractivity contribution in [3.8, 4) is 0 Å². The van der Waals surface area contributed by atoms with Gasteiger partial charge < -0.3 is 15.1 Å². The first kappa shape index (κ1) is 20.1. The molecule has 1 unspecified atom stereocenters. The molecule has 1 aromatic carbocycles. The summed E-state index contributed by atoms with van der Waals surface area (Å²) in [6.07, 6.45) is -2.36. The van der Waals surface area contributed by atoms with Crippen molar-refractivity contribution >= 4 is 19.7 Å². The van der Waals surface area contributed by atoms with Crippen LogP contribution < -0.4 is 10.6 Å². The van der Waals surface area contributed by atoms with E-state index in [4.69, 9.17) is 10.2 Å². The van der Waals surface area contributed by atoms with Crippen LogP contribution >= 0.6 is 0 Å². The highest BCUT2D eigenvalue weighted by atomic mass is 28.4. The van der Waals surface area contributed by atoms with Gasteiger partial charge in [-0.25, -0.2) is 0 Å². The first-order chi connectivity index (χ1) is 11.3. The molecule has 1 heterocycles. The average molecular weight is 375 g/mol. The lowest BCUT2D eigenvalue weighted by atomic mass is 10.1. The Labute approximate surface area is 149 Å². The molecule has 0 aromatic heterocycles. The third-order valence-corrected chi connectivity index (χ3v) is 9.88. The van der Waals surface area contributed by atoms with Gasteiger partial charge in [0.1, 0.15) is 0 Å². The van der Waals surface area contributed by atoms with Crippen LogP contribution in [0, 0.1) is 0 Å². The van der Waals surface area contributed by atoms with Gasteiger partial charge in [0.15, 0.2) is 8.32 Å². The van der Waals surface area contributed by atoms with Crippen LogP contribution in [0.15, 0.2) is 18.2 Å². The standard InChI is InChI=1S/C18H29F3N2OSi/c1-17(2,3)25(4,5)24-14-7-6-10-23(12-14)16-9-8-13(11-15(16)22)18(19,20)21/h8-9,11,14H,6-7,10,12,22H2,1-5H3. The largest absolute Gasteiger partial charge is 0.416 e. The minimum atomic E-state index is -4.37. The first-order valence-electron chi connectivity index (χ1n) is 8.71. The molecule has 1 aliphatic heterocycles. The molecule has 1 saturated heterocycles. The van der Waals surface area contributed by atoms with E-state index >= 15 is 0 Å². The molecule has 1 atom stereocenters. The van der Waals surface area contributed by atoms with Gasteiger partial charge in [0.05, 0.1) is 23.0 Å². The molecule has 1 aliphatic rings. The highest BCUT2D eigenvalue weighted by Crippen LogP contribution is 2.39. The number of anilines is 2. The van der Waals surface area contributed by atoms with Crippen LogP contribution in [0.25, 0.3) is 0 Å². The number of hydrogen-bond donors (Lipinski definition) is 1. The molecular weight excluding hydrogens is 345 g/mol. The van der Waals surface area contributed by atoms with E-state index in [0.29, 0.717) is 12.2 Å². The molecule has 25 heavy (non-hydrogen) atoms. The number of hydrogen-bond acceptors (Lipinski definition) is 3. The Morgan fingerprint density at radius 2 is 1.84 bits per heavy atom. The van der Waals surface area contributed by atoms with Gasteiger partial charge in [-0.1, -0.05) is 20.8 Å². The van der Waals surface area contributed by atoms with Crippen LogP contribution in [0.1, 0.15) is 39.2 Å².